The molecular formula is C37H50N4O3. The average Bonchev–Trinajstić information content (AvgIpc) is 3.32. The molecule has 1 aromatic heterocycles. The number of fused-ring (bicyclic) bond motifs is 6. The van der Waals surface area contributed by atoms with Crippen molar-refractivity contribution in [2.45, 2.75) is 104 Å². The largest absolute Gasteiger partial charge is 0.440 e. The van der Waals surface area contributed by atoms with Crippen LogP contribution in [0.2, 0.25) is 0 Å². The number of rotatable bonds is 16. The molecule has 1 spiro atoms. The lowest BCUT2D eigenvalue weighted by Crippen LogP contribution is -2.36. The molecule has 1 unspecified atom stereocenters. The molecule has 7 heteroatoms. The zero-order chi connectivity index (χ0) is 31.1. The fourth-order valence-corrected chi connectivity index (χ4v) is 6.56. The van der Waals surface area contributed by atoms with Crippen molar-refractivity contribution in [3.63, 3.8) is 0 Å². The molecule has 7 nitrogen and oxygen atoms in total. The Kier molecular flexibility index (Phi) is 10.4. The molecule has 236 valence electrons. The number of aryl methyl sites for hydroxylation is 1. The number of ether oxygens (including phenoxy) is 2. The molecule has 2 aliphatic heterocycles. The maximum Gasteiger partial charge on any atom is 0.340 e. The Balaban J connectivity index is 1.64. The van der Waals surface area contributed by atoms with Crippen molar-refractivity contribution in [2.24, 2.45) is 0 Å². The van der Waals surface area contributed by atoms with Crippen LogP contribution in [0.3, 0.4) is 0 Å². The Morgan fingerprint density at radius 2 is 1.36 bits per heavy atom. The topological polar surface area (TPSA) is 67.8 Å². The average molecular weight is 599 g/mol. The quantitative estimate of drug-likeness (QED) is 0.120. The van der Waals surface area contributed by atoms with Crippen LogP contribution in [0.5, 0.6) is 11.6 Å². The number of anilines is 2. The van der Waals surface area contributed by atoms with Gasteiger partial charge in [0.1, 0.15) is 5.75 Å². The van der Waals surface area contributed by atoms with Gasteiger partial charge in [-0.1, -0.05) is 84.4 Å². The molecule has 1 atom stereocenters. The van der Waals surface area contributed by atoms with E-state index in [1.807, 2.05) is 31.2 Å². The lowest BCUT2D eigenvalue weighted by molar-refractivity contribution is 0.0218. The number of unbranched alkanes of at least 4 members (excludes halogenated alkanes) is 6. The van der Waals surface area contributed by atoms with Gasteiger partial charge < -0.3 is 19.3 Å². The van der Waals surface area contributed by atoms with Gasteiger partial charge in [0.05, 0.1) is 16.8 Å². The van der Waals surface area contributed by atoms with E-state index in [9.17, 15) is 4.79 Å². The van der Waals surface area contributed by atoms with Crippen LogP contribution in [0.15, 0.2) is 42.5 Å². The van der Waals surface area contributed by atoms with E-state index < -0.39 is 5.60 Å². The zero-order valence-electron chi connectivity index (χ0n) is 27.5. The molecule has 0 aliphatic carbocycles. The SMILES string of the molecule is CCCCCN(CCCCC)c1ccc2c(c1)Oc1nc(N(CCCC)CCCC)nc(C)c1C21OC(=O)c2ccccc21. The van der Waals surface area contributed by atoms with Crippen molar-refractivity contribution in [3.05, 3.63) is 70.4 Å². The van der Waals surface area contributed by atoms with Crippen molar-refractivity contribution in [2.75, 3.05) is 36.0 Å². The highest BCUT2D eigenvalue weighted by Crippen LogP contribution is 2.57. The highest BCUT2D eigenvalue weighted by molar-refractivity contribution is 5.97. The van der Waals surface area contributed by atoms with E-state index in [2.05, 4.69) is 55.7 Å². The molecule has 44 heavy (non-hydrogen) atoms. The van der Waals surface area contributed by atoms with Gasteiger partial charge in [0.2, 0.25) is 11.8 Å². The number of nitrogens with zero attached hydrogens (tertiary/aromatic N) is 4. The van der Waals surface area contributed by atoms with Gasteiger partial charge in [0.15, 0.2) is 5.60 Å². The normalized spacial score (nSPS) is 16.2. The first-order chi connectivity index (χ1) is 21.5. The third kappa shape index (κ3) is 6.15. The lowest BCUT2D eigenvalue weighted by Gasteiger charge is -2.38. The smallest absolute Gasteiger partial charge is 0.340 e. The van der Waals surface area contributed by atoms with Gasteiger partial charge in [-0.15, -0.1) is 0 Å². The van der Waals surface area contributed by atoms with Gasteiger partial charge in [-0.3, -0.25) is 0 Å². The minimum Gasteiger partial charge on any atom is -0.440 e. The number of carbonyl (C=O) groups excluding carboxylic acids is 1. The van der Waals surface area contributed by atoms with Crippen LogP contribution < -0.4 is 14.5 Å². The summed E-state index contributed by atoms with van der Waals surface area (Å²) in [6.45, 7) is 14.7. The first-order valence-corrected chi connectivity index (χ1v) is 17.0. The molecule has 0 N–H and O–H groups in total. The van der Waals surface area contributed by atoms with Crippen LogP contribution in [-0.2, 0) is 10.3 Å². The molecule has 3 heterocycles. The van der Waals surface area contributed by atoms with Gasteiger partial charge in [-0.25, -0.2) is 9.78 Å². The summed E-state index contributed by atoms with van der Waals surface area (Å²) in [7, 11) is 0. The van der Waals surface area contributed by atoms with E-state index in [-0.39, 0.29) is 5.97 Å². The number of esters is 1. The molecule has 0 saturated heterocycles. The zero-order valence-corrected chi connectivity index (χ0v) is 27.5. The van der Waals surface area contributed by atoms with Gasteiger partial charge in [-0.2, -0.15) is 4.98 Å². The van der Waals surface area contributed by atoms with Crippen LogP contribution in [0.1, 0.15) is 125 Å². The summed E-state index contributed by atoms with van der Waals surface area (Å²) in [4.78, 5) is 28.3. The molecule has 2 aliphatic rings. The number of benzene rings is 2. The second-order valence-corrected chi connectivity index (χ2v) is 12.3. The van der Waals surface area contributed by atoms with Crippen molar-refractivity contribution >= 4 is 17.6 Å². The number of hydrogen-bond donors (Lipinski definition) is 0. The second kappa shape index (κ2) is 14.4. The number of aromatic nitrogens is 2. The molecule has 0 saturated carbocycles. The number of hydrogen-bond acceptors (Lipinski definition) is 7. The summed E-state index contributed by atoms with van der Waals surface area (Å²) in [6.07, 6.45) is 11.4. The van der Waals surface area contributed by atoms with E-state index in [4.69, 9.17) is 19.4 Å². The van der Waals surface area contributed by atoms with E-state index in [0.717, 1.165) is 87.2 Å². The third-order valence-electron chi connectivity index (χ3n) is 8.99. The molecule has 0 bridgehead atoms. The minimum atomic E-state index is -1.16. The molecule has 0 fully saturated rings. The summed E-state index contributed by atoms with van der Waals surface area (Å²) < 4.78 is 13.2. The van der Waals surface area contributed by atoms with Crippen molar-refractivity contribution in [3.8, 4) is 11.6 Å². The Hall–Kier alpha value is -3.61. The third-order valence-corrected chi connectivity index (χ3v) is 8.99. The summed E-state index contributed by atoms with van der Waals surface area (Å²) in [5.41, 5.74) is 3.67. The van der Waals surface area contributed by atoms with Crippen LogP contribution in [-0.4, -0.2) is 42.1 Å². The van der Waals surface area contributed by atoms with Crippen molar-refractivity contribution in [1.29, 1.82) is 0 Å². The highest BCUT2D eigenvalue weighted by Gasteiger charge is 2.55. The van der Waals surface area contributed by atoms with Gasteiger partial charge in [0.25, 0.3) is 0 Å². The summed E-state index contributed by atoms with van der Waals surface area (Å²) in [5.74, 6) is 1.51. The highest BCUT2D eigenvalue weighted by atomic mass is 16.6. The molecule has 2 aromatic carbocycles. The summed E-state index contributed by atoms with van der Waals surface area (Å²) >= 11 is 0. The van der Waals surface area contributed by atoms with Crippen LogP contribution in [0.25, 0.3) is 0 Å². The van der Waals surface area contributed by atoms with E-state index in [0.29, 0.717) is 28.7 Å². The van der Waals surface area contributed by atoms with E-state index in [1.165, 1.54) is 25.7 Å². The fraction of sp³-hybridized carbons (Fsp3) is 0.541. The molecule has 0 radical (unpaired) electrons. The van der Waals surface area contributed by atoms with E-state index in [1.54, 1.807) is 0 Å². The Labute approximate surface area is 264 Å². The number of carbonyl (C=O) groups is 1. The summed E-state index contributed by atoms with van der Waals surface area (Å²) in [6, 6.07) is 14.1. The van der Waals surface area contributed by atoms with Crippen LogP contribution in [0, 0.1) is 6.92 Å². The van der Waals surface area contributed by atoms with Crippen LogP contribution >= 0.6 is 0 Å². The Bertz CT molecular complexity index is 1420. The predicted octanol–water partition coefficient (Wildman–Crippen LogP) is 8.95. The van der Waals surface area contributed by atoms with Gasteiger partial charge in [0, 0.05) is 49.1 Å². The lowest BCUT2D eigenvalue weighted by atomic mass is 9.77. The van der Waals surface area contributed by atoms with Crippen molar-refractivity contribution in [1.82, 2.24) is 9.97 Å². The van der Waals surface area contributed by atoms with Gasteiger partial charge >= 0.3 is 5.97 Å². The molecule has 0 amide bonds. The summed E-state index contributed by atoms with van der Waals surface area (Å²) in [5, 5.41) is 0. The van der Waals surface area contributed by atoms with E-state index >= 15 is 0 Å². The predicted molar refractivity (Wildman–Crippen MR) is 178 cm³/mol. The monoisotopic (exact) mass is 598 g/mol. The van der Waals surface area contributed by atoms with Crippen molar-refractivity contribution < 1.29 is 14.3 Å². The Morgan fingerprint density at radius 3 is 2.02 bits per heavy atom. The van der Waals surface area contributed by atoms with Crippen LogP contribution in [0.4, 0.5) is 11.6 Å². The van der Waals surface area contributed by atoms with Gasteiger partial charge in [-0.05, 0) is 50.8 Å². The first kappa shape index (κ1) is 31.8. The maximum atomic E-state index is 13.4. The minimum absolute atomic E-state index is 0.333. The maximum absolute atomic E-state index is 13.4. The standard InChI is InChI=1S/C37H50N4O3/c1-6-10-16-24-40(25-17-11-7-2)28-20-21-31-32(26-28)43-34-33(37(31)30-19-15-14-18-29(30)35(42)44-37)27(5)38-36(39-34)41(22-12-8-3)23-13-9-4/h14-15,18-21,26H,6-13,16-17,22-25H2,1-5H3. The Morgan fingerprint density at radius 1 is 0.727 bits per heavy atom. The molecule has 3 aromatic rings. The first-order valence-electron chi connectivity index (χ1n) is 17.0. The molecule has 5 rings (SSSR count). The molecular weight excluding hydrogens is 548 g/mol. The fourth-order valence-electron chi connectivity index (χ4n) is 6.56. The second-order valence-electron chi connectivity index (χ2n) is 12.3.